The van der Waals surface area contributed by atoms with Crippen LogP contribution in [0.25, 0.3) is 0 Å². The lowest BCUT2D eigenvalue weighted by Crippen LogP contribution is -2.43. The highest BCUT2D eigenvalue weighted by atomic mass is 16.2. The zero-order chi connectivity index (χ0) is 12.3. The van der Waals surface area contributed by atoms with E-state index in [1.807, 2.05) is 6.07 Å². The van der Waals surface area contributed by atoms with Crippen LogP contribution in [0, 0.1) is 0 Å². The highest BCUT2D eigenvalue weighted by Gasteiger charge is 2.17. The molecular formula is C13H11N2O2+. The highest BCUT2D eigenvalue weighted by molar-refractivity contribution is 5.92. The van der Waals surface area contributed by atoms with Crippen LogP contribution < -0.4 is 10.3 Å². The number of hydrogen-bond donors (Lipinski definition) is 1. The molecule has 2 rings (SSSR count). The molecule has 0 spiro atoms. The minimum absolute atomic E-state index is 0.200. The van der Waals surface area contributed by atoms with Crippen molar-refractivity contribution >= 4 is 11.8 Å². The van der Waals surface area contributed by atoms with E-state index < -0.39 is 5.91 Å². The first kappa shape index (κ1) is 11.0. The second-order valence-electron chi connectivity index (χ2n) is 3.54. The van der Waals surface area contributed by atoms with Gasteiger partial charge >= 0.3 is 5.91 Å². The summed E-state index contributed by atoms with van der Waals surface area (Å²) in [5.41, 5.74) is 6.02. The quantitative estimate of drug-likeness (QED) is 0.770. The predicted molar refractivity (Wildman–Crippen MR) is 61.3 cm³/mol. The summed E-state index contributed by atoms with van der Waals surface area (Å²) in [7, 11) is 0. The van der Waals surface area contributed by atoms with Gasteiger partial charge in [-0.25, -0.2) is 4.79 Å². The summed E-state index contributed by atoms with van der Waals surface area (Å²) in [4.78, 5) is 23.0. The normalized spacial score (nSPS) is 9.88. The number of carbonyl (C=O) groups is 2. The van der Waals surface area contributed by atoms with Gasteiger partial charge in [0.2, 0.25) is 0 Å². The summed E-state index contributed by atoms with van der Waals surface area (Å²) in [6, 6.07) is 12.0. The third-order valence-electron chi connectivity index (χ3n) is 2.34. The molecular weight excluding hydrogens is 216 g/mol. The maximum atomic E-state index is 12.0. The Kier molecular flexibility index (Phi) is 2.96. The molecule has 0 radical (unpaired) electrons. The predicted octanol–water partition coefficient (Wildman–Crippen LogP) is 0.761. The van der Waals surface area contributed by atoms with Crippen molar-refractivity contribution in [2.24, 2.45) is 5.73 Å². The monoisotopic (exact) mass is 227 g/mol. The molecule has 0 aliphatic rings. The van der Waals surface area contributed by atoms with Crippen molar-refractivity contribution in [2.75, 3.05) is 0 Å². The average molecular weight is 227 g/mol. The van der Waals surface area contributed by atoms with E-state index in [0.29, 0.717) is 11.1 Å². The number of aromatic nitrogens is 1. The zero-order valence-corrected chi connectivity index (χ0v) is 9.04. The molecule has 1 amide bonds. The summed E-state index contributed by atoms with van der Waals surface area (Å²) in [6.45, 7) is 0. The maximum absolute atomic E-state index is 12.0. The van der Waals surface area contributed by atoms with Gasteiger partial charge in [0, 0.05) is 6.07 Å². The highest BCUT2D eigenvalue weighted by Crippen LogP contribution is 1.99. The fourth-order valence-electron chi connectivity index (χ4n) is 1.48. The molecule has 0 aliphatic heterocycles. The fourth-order valence-corrected chi connectivity index (χ4v) is 1.48. The lowest BCUT2D eigenvalue weighted by Gasteiger charge is -1.96. The average Bonchev–Trinajstić information content (AvgIpc) is 2.39. The maximum Gasteiger partial charge on any atom is 0.424 e. The second-order valence-corrected chi connectivity index (χ2v) is 3.54. The summed E-state index contributed by atoms with van der Waals surface area (Å²) in [5.74, 6) is -0.756. The van der Waals surface area contributed by atoms with E-state index >= 15 is 0 Å². The molecule has 17 heavy (non-hydrogen) atoms. The largest absolute Gasteiger partial charge is 0.424 e. The number of pyridine rings is 1. The van der Waals surface area contributed by atoms with E-state index in [2.05, 4.69) is 0 Å². The van der Waals surface area contributed by atoms with Crippen LogP contribution in [0.1, 0.15) is 20.7 Å². The Bertz CT molecular complexity index is 565. The van der Waals surface area contributed by atoms with Crippen molar-refractivity contribution in [3.63, 3.8) is 0 Å². The summed E-state index contributed by atoms with van der Waals surface area (Å²) >= 11 is 0. The Balaban J connectivity index is 2.38. The second kappa shape index (κ2) is 4.57. The molecule has 0 bridgehead atoms. The first-order chi connectivity index (χ1) is 8.18. The Labute approximate surface area is 98.3 Å². The number of rotatable bonds is 2. The molecule has 0 fully saturated rings. The van der Waals surface area contributed by atoms with Gasteiger partial charge < -0.3 is 5.73 Å². The van der Waals surface area contributed by atoms with Crippen LogP contribution in [-0.2, 0) is 0 Å². The molecule has 2 N–H and O–H groups in total. The molecule has 2 aromatic rings. The molecule has 1 aromatic carbocycles. The van der Waals surface area contributed by atoms with Gasteiger partial charge in [-0.1, -0.05) is 18.2 Å². The Morgan fingerprint density at radius 1 is 0.941 bits per heavy atom. The van der Waals surface area contributed by atoms with E-state index in [1.165, 1.54) is 10.8 Å². The minimum atomic E-state index is -0.555. The molecule has 0 saturated heterocycles. The third kappa shape index (κ3) is 2.36. The lowest BCUT2D eigenvalue weighted by molar-refractivity contribution is -0.570. The van der Waals surface area contributed by atoms with Crippen LogP contribution in [0.5, 0.6) is 0 Å². The SMILES string of the molecule is NC(=O)c1ccc[n+](C(=O)c2ccccc2)c1. The summed E-state index contributed by atoms with van der Waals surface area (Å²) < 4.78 is 1.34. The van der Waals surface area contributed by atoms with Crippen LogP contribution in [0.4, 0.5) is 0 Å². The third-order valence-corrected chi connectivity index (χ3v) is 2.34. The van der Waals surface area contributed by atoms with Crippen molar-refractivity contribution < 1.29 is 14.2 Å². The van der Waals surface area contributed by atoms with Gasteiger partial charge in [0.25, 0.3) is 5.91 Å². The standard InChI is InChI=1S/C13H10N2O2/c14-12(16)11-7-4-8-15(9-11)13(17)10-5-2-1-3-6-10/h1-9H,(H-,14,16)/p+1. The van der Waals surface area contributed by atoms with Gasteiger partial charge in [0.05, 0.1) is 5.56 Å². The van der Waals surface area contributed by atoms with Crippen LogP contribution in [-0.4, -0.2) is 11.8 Å². The molecule has 1 heterocycles. The number of nitrogens with zero attached hydrogens (tertiary/aromatic N) is 1. The minimum Gasteiger partial charge on any atom is -0.365 e. The topological polar surface area (TPSA) is 64.0 Å². The van der Waals surface area contributed by atoms with Crippen LogP contribution in [0.2, 0.25) is 0 Å². The number of carbonyl (C=O) groups excluding carboxylic acids is 2. The lowest BCUT2D eigenvalue weighted by atomic mass is 10.2. The smallest absolute Gasteiger partial charge is 0.365 e. The number of amides is 1. The van der Waals surface area contributed by atoms with Gasteiger partial charge in [0.15, 0.2) is 12.4 Å². The van der Waals surface area contributed by atoms with Gasteiger partial charge in [-0.15, -0.1) is 4.57 Å². The first-order valence-corrected chi connectivity index (χ1v) is 5.09. The van der Waals surface area contributed by atoms with E-state index in [-0.39, 0.29) is 5.91 Å². The molecule has 84 valence electrons. The van der Waals surface area contributed by atoms with E-state index in [9.17, 15) is 9.59 Å². The van der Waals surface area contributed by atoms with Crippen LogP contribution >= 0.6 is 0 Å². The molecule has 0 aliphatic carbocycles. The van der Waals surface area contributed by atoms with E-state index in [0.717, 1.165) is 0 Å². The molecule has 4 nitrogen and oxygen atoms in total. The number of nitrogens with two attached hydrogens (primary N) is 1. The van der Waals surface area contributed by atoms with Crippen molar-refractivity contribution in [1.29, 1.82) is 0 Å². The van der Waals surface area contributed by atoms with Crippen molar-refractivity contribution in [3.8, 4) is 0 Å². The van der Waals surface area contributed by atoms with Crippen LogP contribution in [0.3, 0.4) is 0 Å². The van der Waals surface area contributed by atoms with Gasteiger partial charge in [0.1, 0.15) is 5.56 Å². The van der Waals surface area contributed by atoms with Gasteiger partial charge in [-0.2, -0.15) is 0 Å². The molecule has 0 atom stereocenters. The first-order valence-electron chi connectivity index (χ1n) is 5.09. The van der Waals surface area contributed by atoms with Crippen molar-refractivity contribution in [3.05, 3.63) is 66.0 Å². The number of hydrogen-bond acceptors (Lipinski definition) is 2. The Morgan fingerprint density at radius 3 is 2.24 bits per heavy atom. The van der Waals surface area contributed by atoms with E-state index in [1.54, 1.807) is 42.6 Å². The summed E-state index contributed by atoms with van der Waals surface area (Å²) in [6.07, 6.45) is 3.01. The van der Waals surface area contributed by atoms with Crippen LogP contribution in [0.15, 0.2) is 54.9 Å². The van der Waals surface area contributed by atoms with Gasteiger partial charge in [-0.05, 0) is 18.2 Å². The zero-order valence-electron chi connectivity index (χ0n) is 9.04. The Hall–Kier alpha value is -2.49. The Morgan fingerprint density at radius 2 is 1.59 bits per heavy atom. The number of benzene rings is 1. The molecule has 0 unspecified atom stereocenters. The molecule has 1 aromatic heterocycles. The van der Waals surface area contributed by atoms with E-state index in [4.69, 9.17) is 5.73 Å². The molecule has 0 saturated carbocycles. The molecule has 4 heteroatoms. The summed E-state index contributed by atoms with van der Waals surface area (Å²) in [5, 5.41) is 0. The number of primary amides is 1. The van der Waals surface area contributed by atoms with Crippen molar-refractivity contribution in [1.82, 2.24) is 0 Å². The van der Waals surface area contributed by atoms with Crippen molar-refractivity contribution in [2.45, 2.75) is 0 Å². The fraction of sp³-hybridized carbons (Fsp3) is 0. The van der Waals surface area contributed by atoms with Gasteiger partial charge in [-0.3, -0.25) is 4.79 Å².